The zero-order valence-electron chi connectivity index (χ0n) is 15.0. The van der Waals surface area contributed by atoms with Gasteiger partial charge in [0.15, 0.2) is 9.84 Å². The number of nitro groups is 1. The summed E-state index contributed by atoms with van der Waals surface area (Å²) in [5, 5.41) is 23.2. The van der Waals surface area contributed by atoms with Crippen molar-refractivity contribution in [1.82, 2.24) is 4.90 Å². The van der Waals surface area contributed by atoms with Crippen LogP contribution in [0, 0.1) is 16.0 Å². The van der Waals surface area contributed by atoms with Crippen LogP contribution >= 0.6 is 0 Å². The predicted molar refractivity (Wildman–Crippen MR) is 98.6 cm³/mol. The molecule has 0 heterocycles. The minimum atomic E-state index is -3.63. The number of hydrogen-bond acceptors (Lipinski definition) is 7. The van der Waals surface area contributed by atoms with Gasteiger partial charge < -0.3 is 10.4 Å². The minimum Gasteiger partial charge on any atom is -0.480 e. The monoisotopic (exact) mass is 397 g/mol. The van der Waals surface area contributed by atoms with Crippen LogP contribution in [0.25, 0.3) is 0 Å². The maximum atomic E-state index is 12.0. The van der Waals surface area contributed by atoms with Gasteiger partial charge in [0.25, 0.3) is 5.69 Å². The second kappa shape index (κ2) is 7.43. The molecule has 0 bridgehead atoms. The van der Waals surface area contributed by atoms with Crippen molar-refractivity contribution in [3.8, 4) is 0 Å². The molecule has 0 unspecified atom stereocenters. The number of nitro benzene ring substituents is 1. The van der Waals surface area contributed by atoms with E-state index in [1.807, 2.05) is 4.90 Å². The van der Waals surface area contributed by atoms with Crippen LogP contribution in [0.4, 0.5) is 11.4 Å². The van der Waals surface area contributed by atoms with Crippen molar-refractivity contribution in [3.05, 3.63) is 28.3 Å². The zero-order chi connectivity index (χ0) is 19.8. The predicted octanol–water partition coefficient (Wildman–Crippen LogP) is 1.74. The molecule has 1 aromatic rings. The van der Waals surface area contributed by atoms with Crippen molar-refractivity contribution in [3.63, 3.8) is 0 Å². The average Bonchev–Trinajstić information content (AvgIpc) is 3.32. The Hall–Kier alpha value is -2.20. The highest BCUT2D eigenvalue weighted by Gasteiger charge is 2.37. The van der Waals surface area contributed by atoms with Gasteiger partial charge in [-0.05, 0) is 37.7 Å². The molecule has 2 saturated carbocycles. The average molecular weight is 397 g/mol. The normalized spacial score (nSPS) is 22.3. The van der Waals surface area contributed by atoms with Crippen LogP contribution in [0.3, 0.4) is 0 Å². The van der Waals surface area contributed by atoms with E-state index in [0.29, 0.717) is 24.4 Å². The lowest BCUT2D eigenvalue weighted by Gasteiger charge is -2.43. The van der Waals surface area contributed by atoms with E-state index in [1.165, 1.54) is 12.1 Å². The Labute approximate surface area is 157 Å². The molecule has 0 atom stereocenters. The van der Waals surface area contributed by atoms with Gasteiger partial charge in [0.05, 0.1) is 22.1 Å². The summed E-state index contributed by atoms with van der Waals surface area (Å²) in [6.07, 6.45) is 4.72. The first kappa shape index (κ1) is 19.6. The molecule has 0 amide bonds. The minimum absolute atomic E-state index is 0.00690. The van der Waals surface area contributed by atoms with Crippen LogP contribution in [-0.2, 0) is 14.6 Å². The third kappa shape index (κ3) is 4.95. The van der Waals surface area contributed by atoms with E-state index in [1.54, 1.807) is 0 Å². The molecule has 0 aliphatic heterocycles. The smallest absolute Gasteiger partial charge is 0.317 e. The van der Waals surface area contributed by atoms with Crippen LogP contribution < -0.4 is 5.32 Å². The molecule has 2 fully saturated rings. The maximum absolute atomic E-state index is 12.0. The molecule has 10 heteroatoms. The number of rotatable bonds is 9. The van der Waals surface area contributed by atoms with Gasteiger partial charge in [0, 0.05) is 37.0 Å². The first-order valence-corrected chi connectivity index (χ1v) is 10.7. The first-order valence-electron chi connectivity index (χ1n) is 8.84. The molecular formula is C17H23N3O6S. The molecular weight excluding hydrogens is 374 g/mol. The third-order valence-corrected chi connectivity index (χ3v) is 6.23. The van der Waals surface area contributed by atoms with E-state index in [9.17, 15) is 23.3 Å². The molecule has 2 aliphatic carbocycles. The van der Waals surface area contributed by atoms with Gasteiger partial charge in [-0.3, -0.25) is 19.8 Å². The fraction of sp³-hybridized carbons (Fsp3) is 0.588. The van der Waals surface area contributed by atoms with Crippen LogP contribution in [0.5, 0.6) is 0 Å². The summed E-state index contributed by atoms with van der Waals surface area (Å²) in [6.45, 7) is 0.801. The zero-order valence-corrected chi connectivity index (χ0v) is 15.8. The molecule has 0 saturated heterocycles. The Morgan fingerprint density at radius 2 is 2.04 bits per heavy atom. The molecule has 0 spiro atoms. The number of nitrogens with one attached hydrogen (secondary N) is 1. The standard InChI is InChI=1S/C17H23N3O6S/c1-27(25,26)16-8-13(20(23)24)4-5-15(16)18-12-6-14(7-12)19(10-17(21)22)9-11-2-3-11/h4-5,8,11-12,14,18H,2-3,6-7,9-10H2,1H3,(H,21,22). The number of sulfone groups is 1. The molecule has 2 N–H and O–H groups in total. The summed E-state index contributed by atoms with van der Waals surface area (Å²) in [7, 11) is -3.63. The molecule has 148 valence electrons. The second-order valence-corrected chi connectivity index (χ2v) is 9.43. The molecule has 1 aromatic carbocycles. The number of hydrogen-bond donors (Lipinski definition) is 2. The Balaban J connectivity index is 1.66. The number of anilines is 1. The number of non-ortho nitro benzene ring substituents is 1. The first-order chi connectivity index (χ1) is 12.6. The summed E-state index contributed by atoms with van der Waals surface area (Å²) in [5.41, 5.74) is 0.0723. The quantitative estimate of drug-likeness (QED) is 0.476. The molecule has 9 nitrogen and oxygen atoms in total. The van der Waals surface area contributed by atoms with Crippen molar-refractivity contribution in [2.45, 2.75) is 42.7 Å². The maximum Gasteiger partial charge on any atom is 0.317 e. The highest BCUT2D eigenvalue weighted by Crippen LogP contribution is 2.36. The van der Waals surface area contributed by atoms with Crippen molar-refractivity contribution in [1.29, 1.82) is 0 Å². The fourth-order valence-electron chi connectivity index (χ4n) is 3.42. The number of carbonyl (C=O) groups is 1. The van der Waals surface area contributed by atoms with Crippen LogP contribution in [0.1, 0.15) is 25.7 Å². The van der Waals surface area contributed by atoms with Gasteiger partial charge in [-0.2, -0.15) is 0 Å². The van der Waals surface area contributed by atoms with Crippen LogP contribution in [0.2, 0.25) is 0 Å². The molecule has 27 heavy (non-hydrogen) atoms. The summed E-state index contributed by atoms with van der Waals surface area (Å²) < 4.78 is 24.0. The molecule has 3 rings (SSSR count). The summed E-state index contributed by atoms with van der Waals surface area (Å²) in [4.78, 5) is 23.3. The molecule has 2 aliphatic rings. The highest BCUT2D eigenvalue weighted by atomic mass is 32.2. The second-order valence-electron chi connectivity index (χ2n) is 7.44. The van der Waals surface area contributed by atoms with Gasteiger partial charge in [-0.1, -0.05) is 0 Å². The third-order valence-electron chi connectivity index (χ3n) is 5.09. The van der Waals surface area contributed by atoms with E-state index >= 15 is 0 Å². The Morgan fingerprint density at radius 1 is 1.37 bits per heavy atom. The highest BCUT2D eigenvalue weighted by molar-refractivity contribution is 7.90. The summed E-state index contributed by atoms with van der Waals surface area (Å²) >= 11 is 0. The Kier molecular flexibility index (Phi) is 5.38. The van der Waals surface area contributed by atoms with Gasteiger partial charge in [0.1, 0.15) is 0 Å². The van der Waals surface area contributed by atoms with Crippen LogP contribution in [-0.4, -0.2) is 60.7 Å². The van der Waals surface area contributed by atoms with Crippen molar-refractivity contribution < 1.29 is 23.2 Å². The lowest BCUT2D eigenvalue weighted by Crippen LogP contribution is -2.52. The number of nitrogens with zero attached hydrogens (tertiary/aromatic N) is 2. The number of aliphatic carboxylic acids is 1. The van der Waals surface area contributed by atoms with E-state index in [0.717, 1.165) is 31.7 Å². The topological polar surface area (TPSA) is 130 Å². The lowest BCUT2D eigenvalue weighted by molar-refractivity contribution is -0.385. The van der Waals surface area contributed by atoms with Crippen molar-refractivity contribution >= 4 is 27.2 Å². The van der Waals surface area contributed by atoms with Crippen molar-refractivity contribution in [2.75, 3.05) is 24.7 Å². The van der Waals surface area contributed by atoms with Crippen molar-refractivity contribution in [2.24, 2.45) is 5.92 Å². The fourth-order valence-corrected chi connectivity index (χ4v) is 4.28. The van der Waals surface area contributed by atoms with Gasteiger partial charge >= 0.3 is 5.97 Å². The summed E-state index contributed by atoms with van der Waals surface area (Å²) in [6, 6.07) is 3.92. The summed E-state index contributed by atoms with van der Waals surface area (Å²) in [5.74, 6) is -0.260. The molecule has 0 radical (unpaired) electrons. The van der Waals surface area contributed by atoms with Gasteiger partial charge in [0.2, 0.25) is 0 Å². The van der Waals surface area contributed by atoms with E-state index in [4.69, 9.17) is 5.11 Å². The SMILES string of the molecule is CS(=O)(=O)c1cc([N+](=O)[O-])ccc1NC1CC(N(CC(=O)O)CC2CC2)C1. The van der Waals surface area contributed by atoms with E-state index in [2.05, 4.69) is 5.32 Å². The number of carboxylic acids is 1. The lowest BCUT2D eigenvalue weighted by atomic mass is 9.85. The molecule has 0 aromatic heterocycles. The Bertz CT molecular complexity index is 846. The van der Waals surface area contributed by atoms with E-state index < -0.39 is 20.7 Å². The number of carboxylic acid groups (broad SMARTS) is 1. The van der Waals surface area contributed by atoms with E-state index in [-0.39, 0.29) is 29.2 Å². The number of benzene rings is 1. The van der Waals surface area contributed by atoms with Gasteiger partial charge in [-0.15, -0.1) is 0 Å². The largest absolute Gasteiger partial charge is 0.480 e. The Morgan fingerprint density at radius 3 is 2.56 bits per heavy atom. The van der Waals surface area contributed by atoms with Crippen LogP contribution in [0.15, 0.2) is 23.1 Å². The van der Waals surface area contributed by atoms with Gasteiger partial charge in [-0.25, -0.2) is 8.42 Å².